The topological polar surface area (TPSA) is 55.4 Å². The number of nitrogens with one attached hydrogen (secondary N) is 1. The number of ether oxygens (including phenoxy) is 1. The van der Waals surface area contributed by atoms with Gasteiger partial charge in [0.2, 0.25) is 0 Å². The van der Waals surface area contributed by atoms with Crippen LogP contribution in [0.1, 0.15) is 17.3 Å². The smallest absolute Gasteiger partial charge is 0.340 e. The number of carbonyl (C=O) groups excluding carboxylic acids is 2. The van der Waals surface area contributed by atoms with Gasteiger partial charge in [0.1, 0.15) is 0 Å². The Kier molecular flexibility index (Phi) is 6.21. The van der Waals surface area contributed by atoms with E-state index in [4.69, 9.17) is 39.5 Å². The molecule has 0 aliphatic heterocycles. The molecule has 0 saturated heterocycles. The van der Waals surface area contributed by atoms with Crippen LogP contribution in [-0.4, -0.2) is 18.0 Å². The number of amides is 1. The fourth-order valence-corrected chi connectivity index (χ4v) is 2.47. The number of hydrogen-bond acceptors (Lipinski definition) is 3. The number of benzene rings is 2. The molecule has 1 N–H and O–H groups in total. The lowest BCUT2D eigenvalue weighted by Gasteiger charge is -2.15. The van der Waals surface area contributed by atoms with Crippen molar-refractivity contribution in [3.63, 3.8) is 0 Å². The number of hydrogen-bond donors (Lipinski definition) is 1. The second-order valence-corrected chi connectivity index (χ2v) is 6.16. The Morgan fingerprint density at radius 3 is 2.32 bits per heavy atom. The minimum Gasteiger partial charge on any atom is -0.449 e. The molecule has 132 valence electrons. The van der Waals surface area contributed by atoms with E-state index in [0.717, 1.165) is 0 Å². The lowest BCUT2D eigenvalue weighted by atomic mass is 10.2. The van der Waals surface area contributed by atoms with Crippen LogP contribution in [0.3, 0.4) is 0 Å². The third kappa shape index (κ3) is 4.81. The molecule has 0 aliphatic rings. The zero-order valence-electron chi connectivity index (χ0n) is 12.6. The molecule has 0 saturated carbocycles. The molecular weight excluding hydrogens is 399 g/mol. The summed E-state index contributed by atoms with van der Waals surface area (Å²) < 4.78 is 31.2. The molecule has 25 heavy (non-hydrogen) atoms. The lowest BCUT2D eigenvalue weighted by Crippen LogP contribution is -2.30. The van der Waals surface area contributed by atoms with Crippen LogP contribution in [0.15, 0.2) is 30.3 Å². The SMILES string of the molecule is CC(OC(=O)c1cc(F)c(F)cc1Cl)C(=O)Nc1ccc(Cl)cc1Cl. The van der Waals surface area contributed by atoms with Crippen LogP contribution in [-0.2, 0) is 9.53 Å². The molecule has 0 heterocycles. The molecule has 2 rings (SSSR count). The Balaban J connectivity index is 2.08. The monoisotopic (exact) mass is 407 g/mol. The Hall–Kier alpha value is -1.89. The van der Waals surface area contributed by atoms with Gasteiger partial charge in [-0.2, -0.15) is 0 Å². The molecule has 2 aromatic carbocycles. The molecular formula is C16H10Cl3F2NO3. The minimum absolute atomic E-state index is 0.197. The standard InChI is InChI=1S/C16H10Cl3F2NO3/c1-7(15(23)22-14-3-2-8(17)4-11(14)19)25-16(24)9-5-12(20)13(21)6-10(9)18/h2-7H,1H3,(H,22,23). The quantitative estimate of drug-likeness (QED) is 0.565. The van der Waals surface area contributed by atoms with Gasteiger partial charge in [0.05, 0.1) is 21.3 Å². The average Bonchev–Trinajstić information content (AvgIpc) is 2.53. The highest BCUT2D eigenvalue weighted by Gasteiger charge is 2.22. The third-order valence-electron chi connectivity index (χ3n) is 3.07. The predicted octanol–water partition coefficient (Wildman–Crippen LogP) is 5.11. The van der Waals surface area contributed by atoms with Gasteiger partial charge in [-0.25, -0.2) is 13.6 Å². The summed E-state index contributed by atoms with van der Waals surface area (Å²) in [5.74, 6) is -4.23. The second kappa shape index (κ2) is 7.99. The van der Waals surface area contributed by atoms with Crippen LogP contribution in [0.5, 0.6) is 0 Å². The van der Waals surface area contributed by atoms with Crippen molar-refractivity contribution in [2.75, 3.05) is 5.32 Å². The van der Waals surface area contributed by atoms with Crippen molar-refractivity contribution < 1.29 is 23.1 Å². The Morgan fingerprint density at radius 1 is 1.04 bits per heavy atom. The van der Waals surface area contributed by atoms with Crippen LogP contribution in [0, 0.1) is 11.6 Å². The minimum atomic E-state index is -1.26. The number of halogens is 5. The molecule has 1 amide bonds. The van der Waals surface area contributed by atoms with Crippen molar-refractivity contribution in [2.45, 2.75) is 13.0 Å². The molecule has 0 fully saturated rings. The maximum absolute atomic E-state index is 13.2. The van der Waals surface area contributed by atoms with E-state index in [-0.39, 0.29) is 15.7 Å². The molecule has 4 nitrogen and oxygen atoms in total. The molecule has 0 bridgehead atoms. The molecule has 1 atom stereocenters. The normalized spacial score (nSPS) is 11.8. The lowest BCUT2D eigenvalue weighted by molar-refractivity contribution is -0.123. The summed E-state index contributed by atoms with van der Waals surface area (Å²) in [6, 6.07) is 5.66. The van der Waals surface area contributed by atoms with Crippen LogP contribution in [0.2, 0.25) is 15.1 Å². The zero-order valence-corrected chi connectivity index (χ0v) is 14.8. The predicted molar refractivity (Wildman–Crippen MR) is 91.3 cm³/mol. The summed E-state index contributed by atoms with van der Waals surface area (Å²) in [4.78, 5) is 24.1. The van der Waals surface area contributed by atoms with Gasteiger partial charge in [0, 0.05) is 5.02 Å². The molecule has 0 aliphatic carbocycles. The highest BCUT2D eigenvalue weighted by atomic mass is 35.5. The van der Waals surface area contributed by atoms with Gasteiger partial charge in [-0.3, -0.25) is 4.79 Å². The average molecular weight is 409 g/mol. The Morgan fingerprint density at radius 2 is 1.68 bits per heavy atom. The first-order valence-electron chi connectivity index (χ1n) is 6.80. The van der Waals surface area contributed by atoms with E-state index < -0.39 is 35.2 Å². The second-order valence-electron chi connectivity index (χ2n) is 4.91. The Bertz CT molecular complexity index is 846. The molecule has 2 aromatic rings. The fraction of sp³-hybridized carbons (Fsp3) is 0.125. The summed E-state index contributed by atoms with van der Waals surface area (Å²) in [6.45, 7) is 1.30. The van der Waals surface area contributed by atoms with Crippen LogP contribution in [0.4, 0.5) is 14.5 Å². The maximum Gasteiger partial charge on any atom is 0.340 e. The van der Waals surface area contributed by atoms with E-state index in [9.17, 15) is 18.4 Å². The summed E-state index contributed by atoms with van der Waals surface area (Å²) in [5.41, 5.74) is -0.130. The van der Waals surface area contributed by atoms with E-state index in [1.54, 1.807) is 0 Å². The van der Waals surface area contributed by atoms with Crippen molar-refractivity contribution in [1.82, 2.24) is 0 Å². The third-order valence-corrected chi connectivity index (χ3v) is 3.93. The molecule has 9 heteroatoms. The zero-order chi connectivity index (χ0) is 18.7. The molecule has 0 radical (unpaired) electrons. The van der Waals surface area contributed by atoms with E-state index in [2.05, 4.69) is 5.32 Å². The van der Waals surface area contributed by atoms with Crippen molar-refractivity contribution in [3.8, 4) is 0 Å². The van der Waals surface area contributed by atoms with E-state index >= 15 is 0 Å². The first-order chi connectivity index (χ1) is 11.7. The van der Waals surface area contributed by atoms with Crippen molar-refractivity contribution in [3.05, 3.63) is 62.6 Å². The maximum atomic E-state index is 13.2. The first-order valence-corrected chi connectivity index (χ1v) is 7.94. The van der Waals surface area contributed by atoms with E-state index in [0.29, 0.717) is 17.2 Å². The van der Waals surface area contributed by atoms with Gasteiger partial charge in [-0.15, -0.1) is 0 Å². The fourth-order valence-electron chi connectivity index (χ4n) is 1.78. The van der Waals surface area contributed by atoms with Crippen LogP contribution in [0.25, 0.3) is 0 Å². The molecule has 1 unspecified atom stereocenters. The highest BCUT2D eigenvalue weighted by molar-refractivity contribution is 6.36. The molecule has 0 spiro atoms. The van der Waals surface area contributed by atoms with Crippen molar-refractivity contribution in [2.24, 2.45) is 0 Å². The van der Waals surface area contributed by atoms with Crippen molar-refractivity contribution in [1.29, 1.82) is 0 Å². The highest BCUT2D eigenvalue weighted by Crippen LogP contribution is 2.26. The summed E-state index contributed by atoms with van der Waals surface area (Å²) >= 11 is 17.4. The number of carbonyl (C=O) groups is 2. The van der Waals surface area contributed by atoms with Gasteiger partial charge in [-0.1, -0.05) is 34.8 Å². The number of anilines is 1. The first kappa shape index (κ1) is 19.4. The van der Waals surface area contributed by atoms with E-state index in [1.165, 1.54) is 25.1 Å². The van der Waals surface area contributed by atoms with Gasteiger partial charge >= 0.3 is 5.97 Å². The Labute approximate surface area is 156 Å². The largest absolute Gasteiger partial charge is 0.449 e. The number of esters is 1. The summed E-state index contributed by atoms with van der Waals surface area (Å²) in [6.07, 6.45) is -1.25. The summed E-state index contributed by atoms with van der Waals surface area (Å²) in [5, 5.41) is 2.70. The van der Waals surface area contributed by atoms with E-state index in [1.807, 2.05) is 0 Å². The van der Waals surface area contributed by atoms with Gasteiger partial charge in [-0.05, 0) is 37.3 Å². The van der Waals surface area contributed by atoms with Crippen LogP contribution < -0.4 is 5.32 Å². The van der Waals surface area contributed by atoms with Crippen molar-refractivity contribution >= 4 is 52.4 Å². The summed E-state index contributed by atoms with van der Waals surface area (Å²) in [7, 11) is 0. The van der Waals surface area contributed by atoms with Crippen LogP contribution >= 0.6 is 34.8 Å². The molecule has 0 aromatic heterocycles. The number of rotatable bonds is 4. The van der Waals surface area contributed by atoms with Gasteiger partial charge < -0.3 is 10.1 Å². The van der Waals surface area contributed by atoms with Gasteiger partial charge in [0.25, 0.3) is 5.91 Å². The van der Waals surface area contributed by atoms with Gasteiger partial charge in [0.15, 0.2) is 17.7 Å².